The molecule has 0 radical (unpaired) electrons. The van der Waals surface area contributed by atoms with Crippen molar-refractivity contribution in [2.45, 2.75) is 38.4 Å². The summed E-state index contributed by atoms with van der Waals surface area (Å²) in [5, 5.41) is 5.80. The van der Waals surface area contributed by atoms with Crippen LogP contribution in [0.5, 0.6) is 0 Å². The molecule has 0 spiro atoms. The molecule has 0 aromatic heterocycles. The molecular weight excluding hydrogens is 476 g/mol. The van der Waals surface area contributed by atoms with Gasteiger partial charge in [-0.15, -0.1) is 0 Å². The van der Waals surface area contributed by atoms with Gasteiger partial charge in [-0.3, -0.25) is 14.4 Å². The number of hydrogen-bond acceptors (Lipinski definition) is 8. The van der Waals surface area contributed by atoms with Crippen molar-refractivity contribution < 1.29 is 33.2 Å². The summed E-state index contributed by atoms with van der Waals surface area (Å²) >= 11 is 11.9. The highest BCUT2D eigenvalue weighted by atomic mass is 35.5. The third-order valence-electron chi connectivity index (χ3n) is 5.76. The van der Waals surface area contributed by atoms with Crippen molar-refractivity contribution in [2.75, 3.05) is 20.7 Å². The average Bonchev–Trinajstić information content (AvgIpc) is 3.19. The molecule has 2 fully saturated rings. The lowest BCUT2D eigenvalue weighted by molar-refractivity contribution is -0.159. The Balaban J connectivity index is 1.74. The highest BCUT2D eigenvalue weighted by Crippen LogP contribution is 2.40. The van der Waals surface area contributed by atoms with Gasteiger partial charge in [0.2, 0.25) is 5.91 Å². The molecule has 1 aromatic rings. The van der Waals surface area contributed by atoms with Crippen LogP contribution >= 0.6 is 23.2 Å². The lowest BCUT2D eigenvalue weighted by Crippen LogP contribution is -2.65. The van der Waals surface area contributed by atoms with Gasteiger partial charge in [0.05, 0.1) is 24.2 Å². The SMILES string of the molecule is COC(=O)[C@@H]1O[B-]2(C(CC(C)C)NC(=O)CNC(=O)c3cc(Cl)ccc3Cl)OC(=O)[C@H]1N2C. The zero-order valence-electron chi connectivity index (χ0n) is 18.6. The molecule has 13 heteroatoms. The molecule has 1 aromatic carbocycles. The summed E-state index contributed by atoms with van der Waals surface area (Å²) in [6.07, 6.45) is -0.768. The van der Waals surface area contributed by atoms with E-state index in [9.17, 15) is 19.2 Å². The number of rotatable bonds is 8. The summed E-state index contributed by atoms with van der Waals surface area (Å²) in [4.78, 5) is 51.3. The fraction of sp³-hybridized carbons (Fsp3) is 0.500. The first-order valence-corrected chi connectivity index (χ1v) is 11.1. The van der Waals surface area contributed by atoms with Crippen molar-refractivity contribution in [2.24, 2.45) is 5.92 Å². The van der Waals surface area contributed by atoms with Gasteiger partial charge in [0.25, 0.3) is 11.9 Å². The smallest absolute Gasteiger partial charge is 0.397 e. The minimum atomic E-state index is -2.51. The van der Waals surface area contributed by atoms with Crippen molar-refractivity contribution in [3.63, 3.8) is 0 Å². The Labute approximate surface area is 201 Å². The molecule has 2 N–H and O–H groups in total. The molecule has 2 saturated heterocycles. The van der Waals surface area contributed by atoms with E-state index in [1.807, 2.05) is 13.8 Å². The number of ether oxygens (including phenoxy) is 1. The molecule has 3 rings (SSSR count). The summed E-state index contributed by atoms with van der Waals surface area (Å²) in [7, 11) is 2.80. The number of halogens is 2. The maximum atomic E-state index is 12.7. The molecule has 2 amide bonds. The second-order valence-corrected chi connectivity index (χ2v) is 9.31. The van der Waals surface area contributed by atoms with Crippen LogP contribution < -0.4 is 10.6 Å². The number of carbonyl (C=O) groups is 4. The van der Waals surface area contributed by atoms with E-state index < -0.39 is 48.5 Å². The minimum absolute atomic E-state index is 0.0818. The molecule has 2 unspecified atom stereocenters. The number of methoxy groups -OCH3 is 1. The maximum Gasteiger partial charge on any atom is 0.397 e. The van der Waals surface area contributed by atoms with Crippen molar-refractivity contribution in [1.29, 1.82) is 0 Å². The van der Waals surface area contributed by atoms with Crippen molar-refractivity contribution in [1.82, 2.24) is 15.4 Å². The zero-order chi connectivity index (χ0) is 24.5. The van der Waals surface area contributed by atoms with Crippen molar-refractivity contribution >= 4 is 53.6 Å². The van der Waals surface area contributed by atoms with Gasteiger partial charge in [0, 0.05) is 5.02 Å². The van der Waals surface area contributed by atoms with Gasteiger partial charge in [-0.25, -0.2) is 4.79 Å². The van der Waals surface area contributed by atoms with Crippen LogP contribution in [0.4, 0.5) is 0 Å². The summed E-state index contributed by atoms with van der Waals surface area (Å²) in [6.45, 7) is 0.968. The quantitative estimate of drug-likeness (QED) is 0.402. The standard InChI is InChI=1S/C20H25BCl2N3O7/c1-10(2)7-14(21-26(3)16(19(29)33-21)17(32-21)20(30)31-4)25-15(27)9-24-18(28)12-8-11(22)5-6-13(12)23/h5-6,8,10,14,16-17H,7,9H2,1-4H3,(H,24,28)(H,25,27)/q-1/t14?,16-,17+,21?/m0/s1. The summed E-state index contributed by atoms with van der Waals surface area (Å²) in [5.41, 5.74) is 0.130. The number of carbonyl (C=O) groups excluding carboxylic acids is 4. The number of benzene rings is 1. The number of hydrogen-bond donors (Lipinski definition) is 2. The van der Waals surface area contributed by atoms with Crippen LogP contribution in [-0.4, -0.2) is 74.0 Å². The van der Waals surface area contributed by atoms with Gasteiger partial charge in [-0.1, -0.05) is 43.5 Å². The van der Waals surface area contributed by atoms with E-state index in [-0.39, 0.29) is 23.0 Å². The highest BCUT2D eigenvalue weighted by Gasteiger charge is 2.64. The van der Waals surface area contributed by atoms with E-state index in [0.717, 1.165) is 0 Å². The third kappa shape index (κ3) is 4.96. The molecule has 10 nitrogen and oxygen atoms in total. The Morgan fingerprint density at radius 2 is 1.97 bits per heavy atom. The predicted molar refractivity (Wildman–Crippen MR) is 120 cm³/mol. The van der Waals surface area contributed by atoms with Gasteiger partial charge < -0.3 is 29.5 Å². The molecule has 2 bridgehead atoms. The normalized spacial score (nSPS) is 25.0. The number of nitrogens with zero attached hydrogens (tertiary/aromatic N) is 1. The molecule has 2 aliphatic rings. The lowest BCUT2D eigenvalue weighted by Gasteiger charge is -2.45. The fourth-order valence-corrected chi connectivity index (χ4v) is 4.62. The lowest BCUT2D eigenvalue weighted by atomic mass is 9.59. The fourth-order valence-electron chi connectivity index (χ4n) is 4.25. The van der Waals surface area contributed by atoms with Crippen LogP contribution in [0.25, 0.3) is 0 Å². The number of esters is 1. The molecule has 2 heterocycles. The van der Waals surface area contributed by atoms with Crippen LogP contribution in [0.2, 0.25) is 10.0 Å². The maximum absolute atomic E-state index is 12.7. The van der Waals surface area contributed by atoms with Gasteiger partial charge >= 0.3 is 12.7 Å². The Morgan fingerprint density at radius 3 is 2.61 bits per heavy atom. The second kappa shape index (κ2) is 9.88. The summed E-state index contributed by atoms with van der Waals surface area (Å²) < 4.78 is 16.2. The molecule has 0 aliphatic carbocycles. The van der Waals surface area contributed by atoms with E-state index in [1.54, 1.807) is 17.9 Å². The molecular formula is C20H25BCl2N3O7-. The van der Waals surface area contributed by atoms with Gasteiger partial charge in [-0.2, -0.15) is 0 Å². The largest absolute Gasteiger partial charge is 0.651 e. The van der Waals surface area contributed by atoms with Gasteiger partial charge in [0.1, 0.15) is 12.1 Å². The minimum Gasteiger partial charge on any atom is -0.651 e. The Kier molecular flexibility index (Phi) is 7.57. The highest BCUT2D eigenvalue weighted by molar-refractivity contribution is 6.71. The van der Waals surface area contributed by atoms with E-state index in [4.69, 9.17) is 37.2 Å². The van der Waals surface area contributed by atoms with Gasteiger partial charge in [-0.05, 0) is 37.1 Å². The summed E-state index contributed by atoms with van der Waals surface area (Å²) in [6, 6.07) is 3.46. The van der Waals surface area contributed by atoms with Crippen LogP contribution in [0.3, 0.4) is 0 Å². The van der Waals surface area contributed by atoms with E-state index in [2.05, 4.69) is 10.6 Å². The first kappa shape index (κ1) is 25.3. The third-order valence-corrected chi connectivity index (χ3v) is 6.32. The Bertz CT molecular complexity index is 979. The molecule has 33 heavy (non-hydrogen) atoms. The van der Waals surface area contributed by atoms with Crippen LogP contribution in [-0.2, 0) is 28.4 Å². The zero-order valence-corrected chi connectivity index (χ0v) is 20.1. The summed E-state index contributed by atoms with van der Waals surface area (Å²) in [5.74, 6) is -3.12. The molecule has 0 saturated carbocycles. The number of nitrogens with one attached hydrogen (secondary N) is 2. The number of amides is 2. The first-order valence-electron chi connectivity index (χ1n) is 10.4. The predicted octanol–water partition coefficient (Wildman–Crippen LogP) is 1.16. The average molecular weight is 501 g/mol. The number of likely N-dealkylation sites (N-methyl/N-ethyl adjacent to an activating group) is 1. The van der Waals surface area contributed by atoms with Crippen LogP contribution in [0.15, 0.2) is 18.2 Å². The molecule has 4 atom stereocenters. The van der Waals surface area contributed by atoms with Crippen molar-refractivity contribution in [3.8, 4) is 0 Å². The van der Waals surface area contributed by atoms with Gasteiger partial charge in [0.15, 0.2) is 0 Å². The van der Waals surface area contributed by atoms with Crippen LogP contribution in [0, 0.1) is 5.92 Å². The topological polar surface area (TPSA) is 123 Å². The Hall–Kier alpha value is -2.34. The second-order valence-electron chi connectivity index (χ2n) is 8.47. The van der Waals surface area contributed by atoms with E-state index in [0.29, 0.717) is 11.4 Å². The molecule has 180 valence electrons. The Morgan fingerprint density at radius 1 is 1.27 bits per heavy atom. The van der Waals surface area contributed by atoms with E-state index >= 15 is 0 Å². The van der Waals surface area contributed by atoms with Crippen molar-refractivity contribution in [3.05, 3.63) is 33.8 Å². The molecule has 2 aliphatic heterocycles. The van der Waals surface area contributed by atoms with Crippen LogP contribution in [0.1, 0.15) is 30.6 Å². The number of fused-ring (bicyclic) bond motifs is 2. The first-order chi connectivity index (χ1) is 15.5. The monoisotopic (exact) mass is 500 g/mol. The van der Waals surface area contributed by atoms with E-state index in [1.165, 1.54) is 19.2 Å².